The van der Waals surface area contributed by atoms with E-state index in [4.69, 9.17) is 4.74 Å². The summed E-state index contributed by atoms with van der Waals surface area (Å²) in [5.74, 6) is 0.585. The summed E-state index contributed by atoms with van der Waals surface area (Å²) < 4.78 is 7.58. The number of nitrogens with one attached hydrogen (secondary N) is 1. The van der Waals surface area contributed by atoms with Crippen molar-refractivity contribution in [2.45, 2.75) is 27.4 Å². The Morgan fingerprint density at radius 2 is 1.83 bits per heavy atom. The molecule has 4 rings (SSSR count). The lowest BCUT2D eigenvalue weighted by Gasteiger charge is -2.12. The predicted molar refractivity (Wildman–Crippen MR) is 118 cm³/mol. The highest BCUT2D eigenvalue weighted by Gasteiger charge is 2.18. The van der Waals surface area contributed by atoms with Gasteiger partial charge in [0.15, 0.2) is 5.65 Å². The number of fused-ring (bicyclic) bond motifs is 1. The molecular weight excluding hydrogens is 376 g/mol. The summed E-state index contributed by atoms with van der Waals surface area (Å²) in [6, 6.07) is 17.5. The van der Waals surface area contributed by atoms with Gasteiger partial charge in [-0.05, 0) is 56.2 Å². The summed E-state index contributed by atoms with van der Waals surface area (Å²) in [5, 5.41) is 8.22. The molecule has 0 saturated heterocycles. The molecule has 152 valence electrons. The zero-order valence-electron chi connectivity index (χ0n) is 17.6. The van der Waals surface area contributed by atoms with E-state index in [9.17, 15) is 4.79 Å². The van der Waals surface area contributed by atoms with Crippen LogP contribution < -0.4 is 10.1 Å². The first-order chi connectivity index (χ1) is 14.4. The van der Waals surface area contributed by atoms with E-state index in [1.807, 2.05) is 76.3 Å². The first-order valence-corrected chi connectivity index (χ1v) is 9.82. The number of carbonyl (C=O) groups excluding carboxylic acids is 1. The number of pyridine rings is 1. The topological polar surface area (TPSA) is 69.0 Å². The van der Waals surface area contributed by atoms with Gasteiger partial charge >= 0.3 is 0 Å². The largest absolute Gasteiger partial charge is 0.489 e. The fourth-order valence-electron chi connectivity index (χ4n) is 3.55. The molecule has 30 heavy (non-hydrogen) atoms. The van der Waals surface area contributed by atoms with Crippen molar-refractivity contribution in [2.24, 2.45) is 7.05 Å². The lowest BCUT2D eigenvalue weighted by Crippen LogP contribution is -2.14. The molecule has 6 nitrogen and oxygen atoms in total. The van der Waals surface area contributed by atoms with Gasteiger partial charge in [-0.3, -0.25) is 9.48 Å². The fraction of sp³-hybridized carbons (Fsp3) is 0.208. The fourth-order valence-corrected chi connectivity index (χ4v) is 3.55. The zero-order chi connectivity index (χ0) is 21.3. The van der Waals surface area contributed by atoms with Gasteiger partial charge in [-0.1, -0.05) is 30.3 Å². The number of aromatic nitrogens is 3. The van der Waals surface area contributed by atoms with Gasteiger partial charge < -0.3 is 10.1 Å². The standard InChI is InChI=1S/C24H24N4O2/c1-15-12-19(30-14-18-8-6-5-7-9-18)10-11-21(15)26-24(29)20-13-16(2)25-23-22(20)17(3)27-28(23)4/h5-13H,14H2,1-4H3,(H,26,29). The summed E-state index contributed by atoms with van der Waals surface area (Å²) in [6.45, 7) is 6.22. The third-order valence-corrected chi connectivity index (χ3v) is 5.04. The van der Waals surface area contributed by atoms with Gasteiger partial charge in [-0.25, -0.2) is 4.98 Å². The summed E-state index contributed by atoms with van der Waals surface area (Å²) in [7, 11) is 1.84. The van der Waals surface area contributed by atoms with Crippen molar-refractivity contribution in [2.75, 3.05) is 5.32 Å². The van der Waals surface area contributed by atoms with E-state index in [0.717, 1.165) is 39.3 Å². The average Bonchev–Trinajstić information content (AvgIpc) is 3.01. The Labute approximate surface area is 175 Å². The molecule has 0 atom stereocenters. The van der Waals surface area contributed by atoms with Gasteiger partial charge in [-0.2, -0.15) is 5.10 Å². The Kier molecular flexibility index (Phi) is 5.23. The van der Waals surface area contributed by atoms with Gasteiger partial charge in [0.05, 0.1) is 16.6 Å². The number of nitrogens with zero attached hydrogens (tertiary/aromatic N) is 3. The van der Waals surface area contributed by atoms with Crippen molar-refractivity contribution in [1.82, 2.24) is 14.8 Å². The summed E-state index contributed by atoms with van der Waals surface area (Å²) in [5.41, 5.74) is 5.63. The second-order valence-electron chi connectivity index (χ2n) is 7.42. The Bertz CT molecular complexity index is 1230. The van der Waals surface area contributed by atoms with Crippen LogP contribution in [0.2, 0.25) is 0 Å². The minimum absolute atomic E-state index is 0.178. The van der Waals surface area contributed by atoms with Crippen molar-refractivity contribution >= 4 is 22.6 Å². The molecule has 0 radical (unpaired) electrons. The normalized spacial score (nSPS) is 10.9. The number of amides is 1. The van der Waals surface area contributed by atoms with E-state index < -0.39 is 0 Å². The molecule has 2 aromatic carbocycles. The van der Waals surface area contributed by atoms with Crippen LogP contribution in [-0.4, -0.2) is 20.7 Å². The smallest absolute Gasteiger partial charge is 0.256 e. The van der Waals surface area contributed by atoms with Gasteiger partial charge in [-0.15, -0.1) is 0 Å². The lowest BCUT2D eigenvalue weighted by atomic mass is 10.1. The molecule has 2 heterocycles. The Morgan fingerprint density at radius 3 is 2.57 bits per heavy atom. The van der Waals surface area contributed by atoms with Gasteiger partial charge in [0.2, 0.25) is 0 Å². The van der Waals surface area contributed by atoms with Crippen LogP contribution in [0.4, 0.5) is 5.69 Å². The molecule has 6 heteroatoms. The van der Waals surface area contributed by atoms with Gasteiger partial charge in [0.25, 0.3) is 5.91 Å². The maximum Gasteiger partial charge on any atom is 0.256 e. The molecular formula is C24H24N4O2. The Balaban J connectivity index is 1.55. The van der Waals surface area contributed by atoms with Crippen molar-refractivity contribution in [3.05, 3.63) is 82.7 Å². The van der Waals surface area contributed by atoms with Crippen LogP contribution in [-0.2, 0) is 13.7 Å². The highest BCUT2D eigenvalue weighted by Crippen LogP contribution is 2.26. The van der Waals surface area contributed by atoms with Crippen LogP contribution in [0.15, 0.2) is 54.6 Å². The SMILES string of the molecule is Cc1cc(C(=O)Nc2ccc(OCc3ccccc3)cc2C)c2c(C)nn(C)c2n1. The minimum Gasteiger partial charge on any atom is -0.489 e. The molecule has 1 amide bonds. The maximum absolute atomic E-state index is 13.1. The number of hydrogen-bond acceptors (Lipinski definition) is 4. The van der Waals surface area contributed by atoms with Crippen molar-refractivity contribution in [3.8, 4) is 5.75 Å². The van der Waals surface area contributed by atoms with E-state index in [1.54, 1.807) is 10.7 Å². The first kappa shape index (κ1) is 19.6. The molecule has 2 aromatic heterocycles. The number of ether oxygens (including phenoxy) is 1. The maximum atomic E-state index is 13.1. The molecule has 1 N–H and O–H groups in total. The summed E-state index contributed by atoms with van der Waals surface area (Å²) in [4.78, 5) is 17.6. The average molecular weight is 400 g/mol. The minimum atomic E-state index is -0.178. The molecule has 0 saturated carbocycles. The molecule has 0 aliphatic rings. The first-order valence-electron chi connectivity index (χ1n) is 9.82. The third kappa shape index (κ3) is 3.89. The number of rotatable bonds is 5. The highest BCUT2D eigenvalue weighted by molar-refractivity contribution is 6.12. The van der Waals surface area contributed by atoms with Crippen LogP contribution in [0.1, 0.15) is 32.9 Å². The van der Waals surface area contributed by atoms with Gasteiger partial charge in [0, 0.05) is 18.4 Å². The van der Waals surface area contributed by atoms with Crippen LogP contribution in [0.5, 0.6) is 5.75 Å². The highest BCUT2D eigenvalue weighted by atomic mass is 16.5. The zero-order valence-corrected chi connectivity index (χ0v) is 17.6. The van der Waals surface area contributed by atoms with Crippen LogP contribution in [0.3, 0.4) is 0 Å². The van der Waals surface area contributed by atoms with E-state index >= 15 is 0 Å². The Morgan fingerprint density at radius 1 is 1.07 bits per heavy atom. The van der Waals surface area contributed by atoms with Crippen LogP contribution in [0, 0.1) is 20.8 Å². The third-order valence-electron chi connectivity index (χ3n) is 5.04. The number of hydrogen-bond donors (Lipinski definition) is 1. The van der Waals surface area contributed by atoms with Gasteiger partial charge in [0.1, 0.15) is 12.4 Å². The second kappa shape index (κ2) is 7.99. The van der Waals surface area contributed by atoms with Crippen molar-refractivity contribution in [3.63, 3.8) is 0 Å². The quantitative estimate of drug-likeness (QED) is 0.526. The molecule has 4 aromatic rings. The number of anilines is 1. The second-order valence-corrected chi connectivity index (χ2v) is 7.42. The molecule has 0 aliphatic heterocycles. The summed E-state index contributed by atoms with van der Waals surface area (Å²) in [6.07, 6.45) is 0. The van der Waals surface area contributed by atoms with E-state index in [0.29, 0.717) is 17.8 Å². The van der Waals surface area contributed by atoms with Crippen molar-refractivity contribution in [1.29, 1.82) is 0 Å². The van der Waals surface area contributed by atoms with Crippen LogP contribution >= 0.6 is 0 Å². The number of carbonyl (C=O) groups is 1. The molecule has 0 fully saturated rings. The van der Waals surface area contributed by atoms with Crippen molar-refractivity contribution < 1.29 is 9.53 Å². The monoisotopic (exact) mass is 400 g/mol. The van der Waals surface area contributed by atoms with Crippen LogP contribution in [0.25, 0.3) is 11.0 Å². The predicted octanol–water partition coefficient (Wildman–Crippen LogP) is 4.72. The molecule has 0 spiro atoms. The van der Waals surface area contributed by atoms with E-state index in [1.165, 1.54) is 0 Å². The van der Waals surface area contributed by atoms with E-state index in [2.05, 4.69) is 15.4 Å². The Hall–Kier alpha value is -3.67. The number of benzene rings is 2. The molecule has 0 aliphatic carbocycles. The molecule has 0 bridgehead atoms. The molecule has 0 unspecified atom stereocenters. The number of aryl methyl sites for hydroxylation is 4. The lowest BCUT2D eigenvalue weighted by molar-refractivity contribution is 0.102. The summed E-state index contributed by atoms with van der Waals surface area (Å²) >= 11 is 0. The van der Waals surface area contributed by atoms with E-state index in [-0.39, 0.29) is 5.91 Å².